The van der Waals surface area contributed by atoms with Crippen molar-refractivity contribution in [1.29, 1.82) is 0 Å². The van der Waals surface area contributed by atoms with Crippen molar-refractivity contribution in [3.05, 3.63) is 28.3 Å². The Kier molecular flexibility index (Phi) is 8.47. The summed E-state index contributed by atoms with van der Waals surface area (Å²) in [6.07, 6.45) is 6.83. The summed E-state index contributed by atoms with van der Waals surface area (Å²) in [6.45, 7) is 12.9. The van der Waals surface area contributed by atoms with Crippen LogP contribution in [0.5, 0.6) is 5.75 Å². The lowest BCUT2D eigenvalue weighted by atomic mass is 9.82. The van der Waals surface area contributed by atoms with Gasteiger partial charge in [-0.05, 0) is 54.4 Å². The molecule has 0 unspecified atom stereocenters. The summed E-state index contributed by atoms with van der Waals surface area (Å²) < 4.78 is 5.35. The number of carbonyl (C=O) groups is 1. The molecular formula is C22H36O3. The molecule has 0 aromatic heterocycles. The van der Waals surface area contributed by atoms with Gasteiger partial charge in [0.2, 0.25) is 0 Å². The molecular weight excluding hydrogens is 312 g/mol. The third-order valence-electron chi connectivity index (χ3n) is 4.89. The van der Waals surface area contributed by atoms with Gasteiger partial charge < -0.3 is 9.84 Å². The van der Waals surface area contributed by atoms with E-state index in [1.165, 1.54) is 19.3 Å². The minimum Gasteiger partial charge on any atom is -0.507 e. The minimum atomic E-state index is -0.129. The second-order valence-electron chi connectivity index (χ2n) is 8.07. The average molecular weight is 349 g/mol. The molecule has 142 valence electrons. The molecule has 0 heterocycles. The third-order valence-corrected chi connectivity index (χ3v) is 4.89. The quantitative estimate of drug-likeness (QED) is 0.456. The van der Waals surface area contributed by atoms with Crippen molar-refractivity contribution in [3.63, 3.8) is 0 Å². The largest absolute Gasteiger partial charge is 0.507 e. The first-order valence-corrected chi connectivity index (χ1v) is 9.66. The molecule has 0 spiro atoms. The molecule has 1 aromatic rings. The van der Waals surface area contributed by atoms with Crippen molar-refractivity contribution in [2.75, 3.05) is 6.61 Å². The molecule has 0 aliphatic heterocycles. The molecule has 0 aliphatic carbocycles. The van der Waals surface area contributed by atoms with E-state index < -0.39 is 0 Å². The highest BCUT2D eigenvalue weighted by Gasteiger charge is 2.22. The zero-order chi connectivity index (χ0) is 19.0. The summed E-state index contributed by atoms with van der Waals surface area (Å²) in [5.74, 6) is 0.251. The molecule has 0 saturated carbocycles. The highest BCUT2D eigenvalue weighted by atomic mass is 16.5. The number of ether oxygens (including phenoxy) is 1. The van der Waals surface area contributed by atoms with Crippen molar-refractivity contribution in [3.8, 4) is 5.75 Å². The van der Waals surface area contributed by atoms with Crippen LogP contribution in [0.25, 0.3) is 0 Å². The number of rotatable bonds is 9. The monoisotopic (exact) mass is 348 g/mol. The van der Waals surface area contributed by atoms with Crippen LogP contribution in [-0.4, -0.2) is 17.7 Å². The number of esters is 1. The van der Waals surface area contributed by atoms with E-state index in [9.17, 15) is 9.90 Å². The Labute approximate surface area is 153 Å². The van der Waals surface area contributed by atoms with E-state index in [4.69, 9.17) is 4.74 Å². The van der Waals surface area contributed by atoms with Crippen molar-refractivity contribution in [2.45, 2.75) is 91.9 Å². The van der Waals surface area contributed by atoms with Gasteiger partial charge in [-0.15, -0.1) is 0 Å². The summed E-state index contributed by atoms with van der Waals surface area (Å²) in [7, 11) is 0. The van der Waals surface area contributed by atoms with Gasteiger partial charge in [-0.2, -0.15) is 0 Å². The summed E-state index contributed by atoms with van der Waals surface area (Å²) in [6, 6.07) is 2.05. The van der Waals surface area contributed by atoms with Crippen LogP contribution in [0.3, 0.4) is 0 Å². The number of phenolic OH excluding ortho intramolecular Hbond substituents is 1. The first kappa shape index (κ1) is 21.5. The number of unbranched alkanes of at least 4 members (excludes halogenated alkanes) is 4. The highest BCUT2D eigenvalue weighted by molar-refractivity contribution is 5.70. The molecule has 3 nitrogen and oxygen atoms in total. The smallest absolute Gasteiger partial charge is 0.306 e. The SMILES string of the molecule is CCCCCCCOC(=O)CCc1cc(C(C)(C)C)c(O)c(C)c1C. The Morgan fingerprint density at radius 1 is 1.08 bits per heavy atom. The van der Waals surface area contributed by atoms with E-state index in [1.54, 1.807) is 0 Å². The lowest BCUT2D eigenvalue weighted by molar-refractivity contribution is -0.143. The summed E-state index contributed by atoms with van der Waals surface area (Å²) in [5.41, 5.74) is 3.91. The Bertz CT molecular complexity index is 568. The van der Waals surface area contributed by atoms with Crippen molar-refractivity contribution in [1.82, 2.24) is 0 Å². The molecule has 1 rings (SSSR count). The Morgan fingerprint density at radius 3 is 2.32 bits per heavy atom. The molecule has 1 N–H and O–H groups in total. The van der Waals surface area contributed by atoms with Crippen molar-refractivity contribution in [2.24, 2.45) is 0 Å². The molecule has 0 radical (unpaired) electrons. The standard InChI is InChI=1S/C22H36O3/c1-7-8-9-10-11-14-25-20(23)13-12-18-15-19(22(4,5)6)21(24)17(3)16(18)2/h15,24H,7-14H2,1-6H3. The Hall–Kier alpha value is -1.51. The van der Waals surface area contributed by atoms with Gasteiger partial charge in [0, 0.05) is 6.42 Å². The van der Waals surface area contributed by atoms with Gasteiger partial charge in [0.25, 0.3) is 0 Å². The number of phenols is 1. The predicted molar refractivity (Wildman–Crippen MR) is 104 cm³/mol. The minimum absolute atomic E-state index is 0.127. The van der Waals surface area contributed by atoms with Crippen molar-refractivity contribution >= 4 is 5.97 Å². The topological polar surface area (TPSA) is 46.5 Å². The Balaban J connectivity index is 2.59. The molecule has 0 atom stereocenters. The van der Waals surface area contributed by atoms with Crippen LogP contribution in [-0.2, 0) is 21.4 Å². The number of hydrogen-bond acceptors (Lipinski definition) is 3. The van der Waals surface area contributed by atoms with Gasteiger partial charge in [0.05, 0.1) is 6.61 Å². The average Bonchev–Trinajstić information content (AvgIpc) is 2.54. The summed E-state index contributed by atoms with van der Waals surface area (Å²) in [4.78, 5) is 12.0. The highest BCUT2D eigenvalue weighted by Crippen LogP contribution is 2.36. The molecule has 0 bridgehead atoms. The van der Waals surface area contributed by atoms with Crippen LogP contribution in [0.1, 0.15) is 88.5 Å². The fourth-order valence-electron chi connectivity index (χ4n) is 3.00. The van der Waals surface area contributed by atoms with Crippen LogP contribution in [0.4, 0.5) is 0 Å². The van der Waals surface area contributed by atoms with E-state index in [2.05, 4.69) is 33.8 Å². The van der Waals surface area contributed by atoms with Crippen LogP contribution in [0.15, 0.2) is 6.07 Å². The Morgan fingerprint density at radius 2 is 1.72 bits per heavy atom. The molecule has 0 amide bonds. The number of aromatic hydroxyl groups is 1. The molecule has 1 aromatic carbocycles. The van der Waals surface area contributed by atoms with Crippen LogP contribution in [0, 0.1) is 13.8 Å². The fourth-order valence-corrected chi connectivity index (χ4v) is 3.00. The molecule has 3 heteroatoms. The maximum Gasteiger partial charge on any atom is 0.306 e. The number of carbonyl (C=O) groups excluding carboxylic acids is 1. The maximum absolute atomic E-state index is 12.0. The van der Waals surface area contributed by atoms with E-state index in [0.29, 0.717) is 25.2 Å². The second kappa shape index (κ2) is 9.84. The van der Waals surface area contributed by atoms with E-state index in [1.807, 2.05) is 13.8 Å². The first-order chi connectivity index (χ1) is 11.7. The van der Waals surface area contributed by atoms with Gasteiger partial charge in [0.1, 0.15) is 5.75 Å². The number of hydrogen-bond donors (Lipinski definition) is 1. The van der Waals surface area contributed by atoms with E-state index >= 15 is 0 Å². The number of benzene rings is 1. The lowest BCUT2D eigenvalue weighted by Crippen LogP contribution is -2.14. The van der Waals surface area contributed by atoms with E-state index in [0.717, 1.165) is 35.1 Å². The molecule has 0 aliphatic rings. The fraction of sp³-hybridized carbons (Fsp3) is 0.682. The van der Waals surface area contributed by atoms with Crippen LogP contribution < -0.4 is 0 Å². The molecule has 0 fully saturated rings. The van der Waals surface area contributed by atoms with Gasteiger partial charge in [-0.25, -0.2) is 0 Å². The second-order valence-corrected chi connectivity index (χ2v) is 8.07. The predicted octanol–water partition coefficient (Wildman–Crippen LogP) is 5.75. The zero-order valence-electron chi connectivity index (χ0n) is 17.0. The van der Waals surface area contributed by atoms with Crippen molar-refractivity contribution < 1.29 is 14.6 Å². The van der Waals surface area contributed by atoms with Gasteiger partial charge >= 0.3 is 5.97 Å². The molecule has 25 heavy (non-hydrogen) atoms. The van der Waals surface area contributed by atoms with Gasteiger partial charge in [0.15, 0.2) is 0 Å². The van der Waals surface area contributed by atoms with Gasteiger partial charge in [-0.3, -0.25) is 4.79 Å². The van der Waals surface area contributed by atoms with Crippen LogP contribution >= 0.6 is 0 Å². The lowest BCUT2D eigenvalue weighted by Gasteiger charge is -2.24. The zero-order valence-corrected chi connectivity index (χ0v) is 17.0. The van der Waals surface area contributed by atoms with Crippen LogP contribution in [0.2, 0.25) is 0 Å². The molecule has 0 saturated heterocycles. The number of aryl methyl sites for hydroxylation is 1. The maximum atomic E-state index is 12.0. The summed E-state index contributed by atoms with van der Waals surface area (Å²) >= 11 is 0. The first-order valence-electron chi connectivity index (χ1n) is 9.66. The third kappa shape index (κ3) is 6.72. The normalized spacial score (nSPS) is 11.6. The summed E-state index contributed by atoms with van der Waals surface area (Å²) in [5, 5.41) is 10.4. The van der Waals surface area contributed by atoms with E-state index in [-0.39, 0.29) is 11.4 Å². The van der Waals surface area contributed by atoms with Gasteiger partial charge in [-0.1, -0.05) is 59.4 Å².